The van der Waals surface area contributed by atoms with Crippen LogP contribution in [-0.2, 0) is 6.54 Å². The van der Waals surface area contributed by atoms with E-state index >= 15 is 0 Å². The molecule has 0 spiro atoms. The maximum Gasteiger partial charge on any atom is 0.346 e. The molecule has 102 valence electrons. The van der Waals surface area contributed by atoms with Gasteiger partial charge in [-0.25, -0.2) is 4.79 Å². The van der Waals surface area contributed by atoms with Crippen molar-refractivity contribution in [2.45, 2.75) is 32.9 Å². The van der Waals surface area contributed by atoms with Crippen molar-refractivity contribution in [2.24, 2.45) is 0 Å². The van der Waals surface area contributed by atoms with Crippen LogP contribution in [-0.4, -0.2) is 29.1 Å². The summed E-state index contributed by atoms with van der Waals surface area (Å²) in [5.74, 6) is -0.825. The second-order valence-corrected chi connectivity index (χ2v) is 5.94. The number of aromatic carboxylic acids is 1. The van der Waals surface area contributed by atoms with Crippen molar-refractivity contribution in [1.82, 2.24) is 4.90 Å². The first-order valence-corrected chi connectivity index (χ1v) is 7.30. The Hall–Kier alpha value is -1.39. The summed E-state index contributed by atoms with van der Waals surface area (Å²) in [6, 6.07) is 8.36. The number of fused-ring (bicyclic) bond motifs is 1. The Labute approximate surface area is 117 Å². The molecule has 19 heavy (non-hydrogen) atoms. The Morgan fingerprint density at radius 2 is 2.11 bits per heavy atom. The van der Waals surface area contributed by atoms with Gasteiger partial charge in [0.2, 0.25) is 0 Å². The van der Waals surface area contributed by atoms with Crippen molar-refractivity contribution in [3.8, 4) is 0 Å². The molecule has 1 atom stereocenters. The average molecular weight is 277 g/mol. The molecule has 1 heterocycles. The molecule has 0 fully saturated rings. The van der Waals surface area contributed by atoms with Crippen LogP contribution in [0.25, 0.3) is 10.1 Å². The highest BCUT2D eigenvalue weighted by molar-refractivity contribution is 7.21. The van der Waals surface area contributed by atoms with Crippen LogP contribution >= 0.6 is 11.3 Å². The molecular weight excluding hydrogens is 258 g/mol. The van der Waals surface area contributed by atoms with Gasteiger partial charge in [-0.2, -0.15) is 0 Å². The van der Waals surface area contributed by atoms with Crippen molar-refractivity contribution < 1.29 is 9.90 Å². The van der Waals surface area contributed by atoms with E-state index in [1.165, 1.54) is 11.3 Å². The molecule has 1 aromatic heterocycles. The van der Waals surface area contributed by atoms with E-state index in [1.54, 1.807) is 0 Å². The Bertz CT molecular complexity index is 591. The molecule has 1 N–H and O–H groups in total. The molecule has 0 saturated heterocycles. The summed E-state index contributed by atoms with van der Waals surface area (Å²) in [5, 5.41) is 10.4. The standard InChI is InChI=1S/C15H19NO2S/c1-4-10(2)16(3)9-12-11-7-5-6-8-13(11)19-14(12)15(17)18/h5-8,10H,4,9H2,1-3H3,(H,17,18). The zero-order valence-corrected chi connectivity index (χ0v) is 12.3. The second-order valence-electron chi connectivity index (χ2n) is 4.88. The SMILES string of the molecule is CCC(C)N(C)Cc1c(C(=O)O)sc2ccccc12. The first-order valence-electron chi connectivity index (χ1n) is 6.48. The fourth-order valence-corrected chi connectivity index (χ4v) is 3.20. The number of rotatable bonds is 5. The Morgan fingerprint density at radius 1 is 1.42 bits per heavy atom. The summed E-state index contributed by atoms with van der Waals surface area (Å²) in [4.78, 5) is 14.1. The van der Waals surface area contributed by atoms with Crippen molar-refractivity contribution in [1.29, 1.82) is 0 Å². The summed E-state index contributed by atoms with van der Waals surface area (Å²) < 4.78 is 1.05. The van der Waals surface area contributed by atoms with Crippen molar-refractivity contribution in [3.05, 3.63) is 34.7 Å². The zero-order valence-electron chi connectivity index (χ0n) is 11.5. The molecule has 0 bridgehead atoms. The van der Waals surface area contributed by atoms with E-state index in [-0.39, 0.29) is 0 Å². The molecule has 4 heteroatoms. The highest BCUT2D eigenvalue weighted by atomic mass is 32.1. The Kier molecular flexibility index (Phi) is 4.22. The van der Waals surface area contributed by atoms with E-state index in [0.29, 0.717) is 17.5 Å². The Balaban J connectivity index is 2.45. The largest absolute Gasteiger partial charge is 0.477 e. The number of benzene rings is 1. The number of hydrogen-bond donors (Lipinski definition) is 1. The van der Waals surface area contributed by atoms with Crippen LogP contribution in [0.3, 0.4) is 0 Å². The zero-order chi connectivity index (χ0) is 14.0. The fourth-order valence-electron chi connectivity index (χ4n) is 2.15. The highest BCUT2D eigenvalue weighted by Gasteiger charge is 2.19. The van der Waals surface area contributed by atoms with E-state index in [2.05, 4.69) is 18.7 Å². The van der Waals surface area contributed by atoms with E-state index in [9.17, 15) is 9.90 Å². The molecule has 1 unspecified atom stereocenters. The monoisotopic (exact) mass is 277 g/mol. The minimum atomic E-state index is -0.825. The number of carboxylic acid groups (broad SMARTS) is 1. The normalized spacial score (nSPS) is 13.1. The molecule has 0 radical (unpaired) electrons. The van der Waals surface area contributed by atoms with Crippen molar-refractivity contribution in [3.63, 3.8) is 0 Å². The first kappa shape index (κ1) is 14.0. The molecule has 0 aliphatic rings. The van der Waals surface area contributed by atoms with E-state index in [4.69, 9.17) is 0 Å². The average Bonchev–Trinajstić information content (AvgIpc) is 2.77. The van der Waals surface area contributed by atoms with Crippen LogP contribution < -0.4 is 0 Å². The maximum absolute atomic E-state index is 11.4. The fraction of sp³-hybridized carbons (Fsp3) is 0.400. The van der Waals surface area contributed by atoms with Gasteiger partial charge >= 0.3 is 5.97 Å². The summed E-state index contributed by atoms with van der Waals surface area (Å²) in [7, 11) is 2.05. The Morgan fingerprint density at radius 3 is 2.74 bits per heavy atom. The summed E-state index contributed by atoms with van der Waals surface area (Å²) >= 11 is 1.37. The molecule has 0 aliphatic heterocycles. The van der Waals surface area contributed by atoms with Gasteiger partial charge in [-0.1, -0.05) is 25.1 Å². The summed E-state index contributed by atoms with van der Waals surface area (Å²) in [5.41, 5.74) is 0.941. The number of thiophene rings is 1. The van der Waals surface area contributed by atoms with Crippen LogP contribution in [0.2, 0.25) is 0 Å². The highest BCUT2D eigenvalue weighted by Crippen LogP contribution is 2.32. The second kappa shape index (κ2) is 5.72. The van der Waals surface area contributed by atoms with Crippen LogP contribution in [0.15, 0.2) is 24.3 Å². The van der Waals surface area contributed by atoms with Gasteiger partial charge in [0.05, 0.1) is 0 Å². The van der Waals surface area contributed by atoms with E-state index in [1.807, 2.05) is 31.3 Å². The lowest BCUT2D eigenvalue weighted by Gasteiger charge is -2.23. The summed E-state index contributed by atoms with van der Waals surface area (Å²) in [6.07, 6.45) is 1.06. The molecule has 0 aliphatic carbocycles. The van der Waals surface area contributed by atoms with Crippen LogP contribution in [0, 0.1) is 0 Å². The van der Waals surface area contributed by atoms with Gasteiger partial charge in [0.15, 0.2) is 0 Å². The lowest BCUT2D eigenvalue weighted by atomic mass is 10.1. The predicted octanol–water partition coefficient (Wildman–Crippen LogP) is 3.83. The smallest absolute Gasteiger partial charge is 0.346 e. The molecule has 3 nitrogen and oxygen atoms in total. The predicted molar refractivity (Wildman–Crippen MR) is 80.0 cm³/mol. The number of nitrogens with zero attached hydrogens (tertiary/aromatic N) is 1. The molecule has 2 rings (SSSR count). The lowest BCUT2D eigenvalue weighted by Crippen LogP contribution is -2.28. The third-order valence-electron chi connectivity index (χ3n) is 3.64. The molecule has 0 amide bonds. The molecule has 2 aromatic rings. The van der Waals surface area contributed by atoms with Gasteiger partial charge in [0, 0.05) is 17.3 Å². The van der Waals surface area contributed by atoms with Gasteiger partial charge in [-0.3, -0.25) is 4.90 Å². The lowest BCUT2D eigenvalue weighted by molar-refractivity contribution is 0.0700. The number of carboxylic acids is 1. The van der Waals surface area contributed by atoms with Gasteiger partial charge in [0.1, 0.15) is 4.88 Å². The molecule has 0 saturated carbocycles. The van der Waals surface area contributed by atoms with Gasteiger partial charge in [0.25, 0.3) is 0 Å². The minimum Gasteiger partial charge on any atom is -0.477 e. The third kappa shape index (κ3) is 2.80. The van der Waals surface area contributed by atoms with Gasteiger partial charge in [-0.15, -0.1) is 11.3 Å². The minimum absolute atomic E-state index is 0.445. The maximum atomic E-state index is 11.4. The van der Waals surface area contributed by atoms with E-state index < -0.39 is 5.97 Å². The topological polar surface area (TPSA) is 40.5 Å². The molecule has 1 aromatic carbocycles. The number of carbonyl (C=O) groups is 1. The van der Waals surface area contributed by atoms with Crippen LogP contribution in [0.4, 0.5) is 0 Å². The van der Waals surface area contributed by atoms with Crippen molar-refractivity contribution >= 4 is 27.4 Å². The third-order valence-corrected chi connectivity index (χ3v) is 4.84. The van der Waals surface area contributed by atoms with Gasteiger partial charge in [-0.05, 0) is 37.4 Å². The molecular formula is C15H19NO2S. The van der Waals surface area contributed by atoms with E-state index in [0.717, 1.165) is 22.1 Å². The first-order chi connectivity index (χ1) is 9.04. The van der Waals surface area contributed by atoms with Crippen LogP contribution in [0.5, 0.6) is 0 Å². The van der Waals surface area contributed by atoms with Crippen molar-refractivity contribution in [2.75, 3.05) is 7.05 Å². The van der Waals surface area contributed by atoms with Gasteiger partial charge < -0.3 is 5.11 Å². The van der Waals surface area contributed by atoms with Crippen LogP contribution in [0.1, 0.15) is 35.5 Å². The number of hydrogen-bond acceptors (Lipinski definition) is 3. The summed E-state index contributed by atoms with van der Waals surface area (Å²) in [6.45, 7) is 4.99. The quantitative estimate of drug-likeness (QED) is 0.903.